The van der Waals surface area contributed by atoms with Gasteiger partial charge >= 0.3 is 24.1 Å². The lowest BCUT2D eigenvalue weighted by atomic mass is 9.79. The molecule has 14 nitrogen and oxygen atoms in total. The van der Waals surface area contributed by atoms with Gasteiger partial charge in [0, 0.05) is 62.5 Å². The number of aryl methyl sites for hydroxylation is 2. The van der Waals surface area contributed by atoms with E-state index < -0.39 is 17.1 Å². The van der Waals surface area contributed by atoms with Gasteiger partial charge in [-0.25, -0.2) is 19.6 Å². The van der Waals surface area contributed by atoms with Crippen LogP contribution in [0.1, 0.15) is 130 Å². The van der Waals surface area contributed by atoms with Gasteiger partial charge in [0.1, 0.15) is 11.2 Å². The lowest BCUT2D eigenvalue weighted by Gasteiger charge is -2.32. The molecule has 2 aromatic heterocycles. The highest BCUT2D eigenvalue weighted by Crippen LogP contribution is 2.38. The summed E-state index contributed by atoms with van der Waals surface area (Å²) in [4.78, 5) is 62.2. The van der Waals surface area contributed by atoms with E-state index in [0.29, 0.717) is 37.9 Å². The van der Waals surface area contributed by atoms with Crippen LogP contribution in [0.3, 0.4) is 0 Å². The predicted octanol–water partition coefficient (Wildman–Crippen LogP) is 9.66. The Morgan fingerprint density at radius 2 is 1.09 bits per heavy atom. The number of carbonyl (C=O) groups excluding carboxylic acids is 4. The summed E-state index contributed by atoms with van der Waals surface area (Å²) in [5.41, 5.74) is 9.26. The van der Waals surface area contributed by atoms with Crippen molar-refractivity contribution in [2.75, 3.05) is 41.5 Å². The highest BCUT2D eigenvalue weighted by molar-refractivity contribution is 5.75. The Morgan fingerprint density at radius 1 is 0.636 bits per heavy atom. The highest BCUT2D eigenvalue weighted by Gasteiger charge is 2.32. The zero-order valence-electron chi connectivity index (χ0n) is 40.3. The van der Waals surface area contributed by atoms with Crippen molar-refractivity contribution in [1.29, 1.82) is 0 Å². The van der Waals surface area contributed by atoms with Crippen LogP contribution in [-0.4, -0.2) is 96.6 Å². The van der Waals surface area contributed by atoms with Gasteiger partial charge < -0.3 is 38.2 Å². The zero-order chi connectivity index (χ0) is 47.8. The van der Waals surface area contributed by atoms with Gasteiger partial charge in [0.25, 0.3) is 0 Å². The van der Waals surface area contributed by atoms with E-state index >= 15 is 0 Å². The van der Waals surface area contributed by atoms with Crippen LogP contribution in [0.25, 0.3) is 0 Å². The third-order valence-corrected chi connectivity index (χ3v) is 11.6. The first kappa shape index (κ1) is 52.4. The molecule has 358 valence electrons. The van der Waals surface area contributed by atoms with Crippen LogP contribution in [0, 0.1) is 19.8 Å². The summed E-state index contributed by atoms with van der Waals surface area (Å²) in [5, 5.41) is 0. The van der Waals surface area contributed by atoms with E-state index in [1.165, 1.54) is 25.3 Å². The lowest BCUT2D eigenvalue weighted by molar-refractivity contribution is -0.145. The molecule has 0 radical (unpaired) electrons. The number of nitrogens with zero attached hydrogens (tertiary/aromatic N) is 4. The van der Waals surface area contributed by atoms with Gasteiger partial charge in [0.2, 0.25) is 11.8 Å². The third-order valence-electron chi connectivity index (χ3n) is 11.6. The van der Waals surface area contributed by atoms with Crippen molar-refractivity contribution in [1.82, 2.24) is 19.8 Å². The molecule has 2 amide bonds. The Morgan fingerprint density at radius 3 is 1.52 bits per heavy atom. The number of fused-ring (bicyclic) bond motifs is 2. The fourth-order valence-electron chi connectivity index (χ4n) is 8.24. The van der Waals surface area contributed by atoms with E-state index in [2.05, 4.69) is 46.4 Å². The second-order valence-electron chi connectivity index (χ2n) is 18.6. The molecule has 0 saturated carbocycles. The SMILES string of the molecule is C.COC(=O)C(C)C(c1ccc2c(c1)CN(C(=O)OC(C)(C)C)CC2)c1cnc(OC)cc1C.COC(=O)CC(c1ccc2c(c1)CN(C(=O)OC(C)(C)C)CC2)c1cnc(OC)cc1C. The number of esters is 2. The van der Waals surface area contributed by atoms with Crippen molar-refractivity contribution in [3.8, 4) is 11.8 Å². The summed E-state index contributed by atoms with van der Waals surface area (Å²) in [5.74, 6) is -0.420. The first-order valence-corrected chi connectivity index (χ1v) is 22.0. The predicted molar refractivity (Wildman–Crippen MR) is 253 cm³/mol. The van der Waals surface area contributed by atoms with Crippen LogP contribution in [-0.2, 0) is 54.5 Å². The van der Waals surface area contributed by atoms with Crippen molar-refractivity contribution in [2.24, 2.45) is 5.92 Å². The molecule has 0 N–H and O–H groups in total. The quantitative estimate of drug-likeness (QED) is 0.110. The Labute approximate surface area is 391 Å². The maximum atomic E-state index is 12.6. The minimum absolute atomic E-state index is 0. The highest BCUT2D eigenvalue weighted by atomic mass is 16.6. The monoisotopic (exact) mass is 911 g/mol. The van der Waals surface area contributed by atoms with Gasteiger partial charge in [0.05, 0.1) is 40.8 Å². The van der Waals surface area contributed by atoms with E-state index in [9.17, 15) is 19.2 Å². The van der Waals surface area contributed by atoms with Gasteiger partial charge in [-0.15, -0.1) is 0 Å². The second-order valence-corrected chi connectivity index (χ2v) is 18.6. The van der Waals surface area contributed by atoms with Crippen LogP contribution in [0.15, 0.2) is 60.9 Å². The molecule has 0 fully saturated rings. The number of hydrogen-bond donors (Lipinski definition) is 0. The van der Waals surface area contributed by atoms with Crippen LogP contribution >= 0.6 is 0 Å². The molecule has 0 saturated heterocycles. The number of hydrogen-bond acceptors (Lipinski definition) is 12. The van der Waals surface area contributed by atoms with Crippen LogP contribution < -0.4 is 9.47 Å². The number of methoxy groups -OCH3 is 4. The van der Waals surface area contributed by atoms with Gasteiger partial charge in [-0.3, -0.25) is 9.59 Å². The lowest BCUT2D eigenvalue weighted by Crippen LogP contribution is -2.40. The van der Waals surface area contributed by atoms with Crippen molar-refractivity contribution in [3.05, 3.63) is 117 Å². The summed E-state index contributed by atoms with van der Waals surface area (Å²) in [6.07, 6.45) is 4.62. The molecular weight excluding hydrogens is 841 g/mol. The van der Waals surface area contributed by atoms with Crippen molar-refractivity contribution in [3.63, 3.8) is 0 Å². The molecule has 4 aromatic rings. The maximum Gasteiger partial charge on any atom is 0.410 e. The average Bonchev–Trinajstić information content (AvgIpc) is 3.26. The van der Waals surface area contributed by atoms with E-state index in [-0.39, 0.29) is 49.8 Å². The number of benzene rings is 2. The van der Waals surface area contributed by atoms with Gasteiger partial charge in [-0.2, -0.15) is 0 Å². The first-order valence-electron chi connectivity index (χ1n) is 22.0. The Balaban J connectivity index is 0.000000284. The fraction of sp³-hybridized carbons (Fsp3) is 0.500. The summed E-state index contributed by atoms with van der Waals surface area (Å²) in [6.45, 7) is 19.2. The molecule has 6 rings (SSSR count). The van der Waals surface area contributed by atoms with Crippen molar-refractivity contribution in [2.45, 2.75) is 125 Å². The minimum atomic E-state index is -0.543. The van der Waals surface area contributed by atoms with Gasteiger partial charge in [-0.05, 0) is 124 Å². The molecule has 3 atom stereocenters. The molecule has 66 heavy (non-hydrogen) atoms. The molecular formula is C52H70N4O10. The molecule has 3 unspecified atom stereocenters. The maximum absolute atomic E-state index is 12.6. The summed E-state index contributed by atoms with van der Waals surface area (Å²) in [7, 11) is 5.95. The second kappa shape index (κ2) is 22.3. The standard InChI is InChI=1S/C26H34N2O5.C25H32N2O5.CH4/c1-16-12-22(31-6)27-14-21(16)23(17(2)24(29)32-7)19-9-8-18-10-11-28(15-20(18)13-19)25(30)33-26(3,4)5;1-16-11-22(30-5)26-14-21(16)20(13-23(28)31-6)18-8-7-17-9-10-27(15-19(17)12-18)24(29)32-25(2,3)4;/h8-9,12-14,17,23H,10-11,15H2,1-7H3;7-8,11-12,14,20H,9-10,13,15H2,1-6H3;1H4. The van der Waals surface area contributed by atoms with E-state index in [1.54, 1.807) is 36.4 Å². The molecule has 0 aliphatic carbocycles. The summed E-state index contributed by atoms with van der Waals surface area (Å²) in [6, 6.07) is 16.2. The Bertz CT molecular complexity index is 2350. The number of pyridine rings is 2. The molecule has 14 heteroatoms. The van der Waals surface area contributed by atoms with E-state index in [4.69, 9.17) is 28.4 Å². The topological polar surface area (TPSA) is 156 Å². The van der Waals surface area contributed by atoms with E-state index in [1.807, 2.05) is 74.4 Å². The molecule has 0 spiro atoms. The number of rotatable bonds is 10. The number of carbonyl (C=O) groups is 4. The number of amides is 2. The number of aromatic nitrogens is 2. The van der Waals surface area contributed by atoms with Crippen molar-refractivity contribution < 1.29 is 47.6 Å². The smallest absolute Gasteiger partial charge is 0.410 e. The fourth-order valence-corrected chi connectivity index (χ4v) is 8.24. The average molecular weight is 911 g/mol. The normalized spacial score (nSPS) is 14.6. The zero-order valence-corrected chi connectivity index (χ0v) is 40.3. The molecule has 2 aromatic carbocycles. The molecule has 4 heterocycles. The molecule has 2 aliphatic heterocycles. The summed E-state index contributed by atoms with van der Waals surface area (Å²) >= 11 is 0. The van der Waals surface area contributed by atoms with Gasteiger partial charge in [-0.1, -0.05) is 50.7 Å². The Hall–Kier alpha value is -6.18. The minimum Gasteiger partial charge on any atom is -0.481 e. The Kier molecular flexibility index (Phi) is 17.8. The van der Waals surface area contributed by atoms with Crippen LogP contribution in [0.4, 0.5) is 9.59 Å². The van der Waals surface area contributed by atoms with Crippen LogP contribution in [0.2, 0.25) is 0 Å². The van der Waals surface area contributed by atoms with E-state index in [0.717, 1.165) is 57.3 Å². The van der Waals surface area contributed by atoms with Crippen LogP contribution in [0.5, 0.6) is 11.8 Å². The summed E-state index contributed by atoms with van der Waals surface area (Å²) < 4.78 is 31.6. The molecule has 2 aliphatic rings. The largest absolute Gasteiger partial charge is 0.481 e. The van der Waals surface area contributed by atoms with Crippen molar-refractivity contribution >= 4 is 24.1 Å². The molecule has 0 bridgehead atoms. The first-order chi connectivity index (χ1) is 30.6. The number of ether oxygens (including phenoxy) is 6. The van der Waals surface area contributed by atoms with Gasteiger partial charge in [0.15, 0.2) is 0 Å². The third kappa shape index (κ3) is 13.4.